The Morgan fingerprint density at radius 1 is 1.08 bits per heavy atom. The molecule has 0 radical (unpaired) electrons. The van der Waals surface area contributed by atoms with E-state index in [0.717, 1.165) is 19.3 Å². The highest BCUT2D eigenvalue weighted by molar-refractivity contribution is 14.1. The number of hydrogen-bond acceptors (Lipinski definition) is 1. The van der Waals surface area contributed by atoms with Gasteiger partial charge in [0.05, 0.1) is 0 Å². The second kappa shape index (κ2) is 6.19. The fraction of sp³-hybridized carbons (Fsp3) is 0.400. The average Bonchev–Trinajstić information content (AvgIpc) is 2.10. The van der Waals surface area contributed by atoms with Gasteiger partial charge in [-0.3, -0.25) is 0 Å². The van der Waals surface area contributed by atoms with Crippen LogP contribution in [0.4, 0.5) is 0 Å². The topological polar surface area (TPSA) is 20.2 Å². The molecule has 0 aliphatic rings. The van der Waals surface area contributed by atoms with Crippen LogP contribution in [0.5, 0.6) is 0 Å². The van der Waals surface area contributed by atoms with Crippen molar-refractivity contribution in [2.24, 2.45) is 0 Å². The van der Waals surface area contributed by atoms with Crippen molar-refractivity contribution < 1.29 is 5.11 Å². The first-order chi connectivity index (χ1) is 6.25. The van der Waals surface area contributed by atoms with Crippen LogP contribution in [0.2, 0.25) is 0 Å². The molecule has 0 bridgehead atoms. The van der Waals surface area contributed by atoms with Gasteiger partial charge >= 0.3 is 0 Å². The van der Waals surface area contributed by atoms with Gasteiger partial charge in [-0.2, -0.15) is 0 Å². The van der Waals surface area contributed by atoms with Gasteiger partial charge in [0.1, 0.15) is 0 Å². The fourth-order valence-corrected chi connectivity index (χ4v) is 3.24. The molecule has 13 heavy (non-hydrogen) atoms. The third-order valence-electron chi connectivity index (χ3n) is 1.90. The Kier molecular flexibility index (Phi) is 5.57. The predicted octanol–water partition coefficient (Wildman–Crippen LogP) is 3.21. The molecule has 0 spiro atoms. The van der Waals surface area contributed by atoms with Crippen LogP contribution in [-0.4, -0.2) is 11.7 Å². The zero-order chi connectivity index (χ0) is 9.68. The first-order valence-electron chi connectivity index (χ1n) is 4.29. The van der Waals surface area contributed by atoms with Crippen molar-refractivity contribution in [3.05, 3.63) is 30.9 Å². The van der Waals surface area contributed by atoms with Crippen LogP contribution in [0.15, 0.2) is 18.2 Å². The summed E-state index contributed by atoms with van der Waals surface area (Å²) in [6.45, 7) is 0.306. The molecule has 72 valence electrons. The molecule has 0 amide bonds. The van der Waals surface area contributed by atoms with Crippen molar-refractivity contribution in [2.45, 2.75) is 19.3 Å². The quantitative estimate of drug-likeness (QED) is 0.606. The van der Waals surface area contributed by atoms with Crippen molar-refractivity contribution in [3.8, 4) is 0 Å². The Labute approximate surface area is 106 Å². The summed E-state index contributed by atoms with van der Waals surface area (Å²) in [5.41, 5.74) is 1.43. The van der Waals surface area contributed by atoms with Gasteiger partial charge in [0.25, 0.3) is 0 Å². The molecule has 1 rings (SSSR count). The van der Waals surface area contributed by atoms with E-state index in [-0.39, 0.29) is 0 Å². The molecule has 1 N–H and O–H groups in total. The van der Waals surface area contributed by atoms with Crippen LogP contribution < -0.4 is 0 Å². The van der Waals surface area contributed by atoms with Gasteiger partial charge in [-0.05, 0) is 82.1 Å². The van der Waals surface area contributed by atoms with Crippen LogP contribution >= 0.6 is 45.2 Å². The minimum atomic E-state index is 0.306. The molecule has 1 aromatic carbocycles. The third kappa shape index (κ3) is 3.71. The Bertz CT molecular complexity index is 253. The molecule has 1 aromatic rings. The minimum Gasteiger partial charge on any atom is -0.396 e. The highest BCUT2D eigenvalue weighted by Crippen LogP contribution is 2.20. The Morgan fingerprint density at radius 3 is 2.23 bits per heavy atom. The summed E-state index contributed by atoms with van der Waals surface area (Å²) in [5, 5.41) is 8.68. The van der Waals surface area contributed by atoms with E-state index in [1.165, 1.54) is 12.7 Å². The van der Waals surface area contributed by atoms with Crippen molar-refractivity contribution in [1.82, 2.24) is 0 Å². The van der Waals surface area contributed by atoms with Gasteiger partial charge in [0.15, 0.2) is 0 Å². The van der Waals surface area contributed by atoms with E-state index >= 15 is 0 Å². The second-order valence-corrected chi connectivity index (χ2v) is 5.21. The number of halogens is 2. The predicted molar refractivity (Wildman–Crippen MR) is 71.9 cm³/mol. The molecule has 0 unspecified atom stereocenters. The number of aliphatic hydroxyl groups excluding tert-OH is 1. The standard InChI is InChI=1S/C10H12I2O/c11-9-5-3-6-10(12)8(9)4-1-2-7-13/h3,5-6,13H,1-2,4,7H2. The molecule has 1 nitrogen and oxygen atoms in total. The molecule has 0 saturated carbocycles. The minimum absolute atomic E-state index is 0.306. The highest BCUT2D eigenvalue weighted by Gasteiger charge is 2.03. The monoisotopic (exact) mass is 402 g/mol. The van der Waals surface area contributed by atoms with Crippen LogP contribution in [0, 0.1) is 7.14 Å². The van der Waals surface area contributed by atoms with Crippen LogP contribution in [0.25, 0.3) is 0 Å². The van der Waals surface area contributed by atoms with E-state index in [4.69, 9.17) is 5.11 Å². The Morgan fingerprint density at radius 2 is 1.69 bits per heavy atom. The number of rotatable bonds is 4. The fourth-order valence-electron chi connectivity index (χ4n) is 1.18. The molecule has 0 aliphatic heterocycles. The van der Waals surface area contributed by atoms with Crippen LogP contribution in [-0.2, 0) is 6.42 Å². The van der Waals surface area contributed by atoms with Gasteiger partial charge in [0, 0.05) is 13.7 Å². The zero-order valence-corrected chi connectivity index (χ0v) is 11.6. The van der Waals surface area contributed by atoms with Crippen molar-refractivity contribution >= 4 is 45.2 Å². The maximum atomic E-state index is 8.68. The van der Waals surface area contributed by atoms with E-state index in [1.54, 1.807) is 0 Å². The average molecular weight is 402 g/mol. The molecule has 0 atom stereocenters. The van der Waals surface area contributed by atoms with Crippen molar-refractivity contribution in [2.75, 3.05) is 6.61 Å². The molecule has 0 saturated heterocycles. The van der Waals surface area contributed by atoms with E-state index in [0.29, 0.717) is 6.61 Å². The summed E-state index contributed by atoms with van der Waals surface area (Å²) in [5.74, 6) is 0. The first-order valence-corrected chi connectivity index (χ1v) is 6.45. The summed E-state index contributed by atoms with van der Waals surface area (Å²) in [6.07, 6.45) is 3.06. The van der Waals surface area contributed by atoms with Gasteiger partial charge in [-0.1, -0.05) is 6.07 Å². The van der Waals surface area contributed by atoms with E-state index in [1.807, 2.05) is 0 Å². The molecule has 0 aliphatic carbocycles. The van der Waals surface area contributed by atoms with Crippen LogP contribution in [0.1, 0.15) is 18.4 Å². The first kappa shape index (κ1) is 11.7. The maximum Gasteiger partial charge on any atom is 0.0431 e. The third-order valence-corrected chi connectivity index (χ3v) is 3.92. The smallest absolute Gasteiger partial charge is 0.0431 e. The van der Waals surface area contributed by atoms with Gasteiger partial charge in [0.2, 0.25) is 0 Å². The molecule has 3 heteroatoms. The summed E-state index contributed by atoms with van der Waals surface area (Å²) in [7, 11) is 0. The second-order valence-electron chi connectivity index (χ2n) is 2.88. The van der Waals surface area contributed by atoms with E-state index in [2.05, 4.69) is 63.4 Å². The lowest BCUT2D eigenvalue weighted by molar-refractivity contribution is 0.284. The Hall–Kier alpha value is 0.640. The number of benzene rings is 1. The lowest BCUT2D eigenvalue weighted by atomic mass is 10.1. The zero-order valence-electron chi connectivity index (χ0n) is 7.26. The lowest BCUT2D eigenvalue weighted by Gasteiger charge is -2.06. The molecule has 0 fully saturated rings. The largest absolute Gasteiger partial charge is 0.396 e. The summed E-state index contributed by atoms with van der Waals surface area (Å²) in [6, 6.07) is 6.35. The highest BCUT2D eigenvalue weighted by atomic mass is 127. The van der Waals surface area contributed by atoms with Gasteiger partial charge in [-0.15, -0.1) is 0 Å². The maximum absolute atomic E-state index is 8.68. The molecule has 0 aromatic heterocycles. The summed E-state index contributed by atoms with van der Waals surface area (Å²) < 4.78 is 2.67. The van der Waals surface area contributed by atoms with Crippen molar-refractivity contribution in [1.29, 1.82) is 0 Å². The lowest BCUT2D eigenvalue weighted by Crippen LogP contribution is -1.94. The Balaban J connectivity index is 2.64. The van der Waals surface area contributed by atoms with Gasteiger partial charge in [-0.25, -0.2) is 0 Å². The number of aliphatic hydroxyl groups is 1. The number of hydrogen-bond donors (Lipinski definition) is 1. The van der Waals surface area contributed by atoms with Crippen molar-refractivity contribution in [3.63, 3.8) is 0 Å². The molecular formula is C10H12I2O. The SMILES string of the molecule is OCCCCc1c(I)cccc1I. The van der Waals surface area contributed by atoms with Gasteiger partial charge < -0.3 is 5.11 Å². The summed E-state index contributed by atoms with van der Waals surface area (Å²) in [4.78, 5) is 0. The van der Waals surface area contributed by atoms with E-state index in [9.17, 15) is 0 Å². The normalized spacial score (nSPS) is 10.4. The molecule has 0 heterocycles. The van der Waals surface area contributed by atoms with Crippen LogP contribution in [0.3, 0.4) is 0 Å². The van der Waals surface area contributed by atoms with E-state index < -0.39 is 0 Å². The molecular weight excluding hydrogens is 390 g/mol. The number of unbranched alkanes of at least 4 members (excludes halogenated alkanes) is 1. The summed E-state index contributed by atoms with van der Waals surface area (Å²) >= 11 is 4.74.